The van der Waals surface area contributed by atoms with Gasteiger partial charge in [-0.1, -0.05) is 51.1 Å². The zero-order valence-corrected chi connectivity index (χ0v) is 10.4. The van der Waals surface area contributed by atoms with Crippen LogP contribution in [-0.2, 0) is 6.42 Å². The van der Waals surface area contributed by atoms with Crippen molar-refractivity contribution in [2.24, 2.45) is 5.41 Å². The first kappa shape index (κ1) is 12.3. The van der Waals surface area contributed by atoms with Crippen molar-refractivity contribution in [3.63, 3.8) is 0 Å². The third-order valence-corrected chi connectivity index (χ3v) is 3.49. The molecule has 0 aliphatic carbocycles. The first-order chi connectivity index (χ1) is 7.10. The monoisotopic (exact) mass is 205 g/mol. The number of likely N-dealkylation sites (N-methyl/N-ethyl adjacent to an activating group) is 1. The van der Waals surface area contributed by atoms with Gasteiger partial charge in [-0.25, -0.2) is 0 Å². The number of hydrogen-bond donors (Lipinski definition) is 1. The standard InChI is InChI=1S/C14H23N/c1-5-14(2,3)13(15-4)11-12-9-7-6-8-10-12/h6-10,13,15H,5,11H2,1-4H3. The van der Waals surface area contributed by atoms with Gasteiger partial charge in [-0.15, -0.1) is 0 Å². The second-order valence-electron chi connectivity index (χ2n) is 4.87. The molecule has 1 N–H and O–H groups in total. The van der Waals surface area contributed by atoms with E-state index >= 15 is 0 Å². The number of rotatable bonds is 5. The van der Waals surface area contributed by atoms with Gasteiger partial charge in [0.05, 0.1) is 0 Å². The molecule has 0 fully saturated rings. The van der Waals surface area contributed by atoms with Gasteiger partial charge < -0.3 is 5.32 Å². The summed E-state index contributed by atoms with van der Waals surface area (Å²) >= 11 is 0. The first-order valence-electron chi connectivity index (χ1n) is 5.81. The van der Waals surface area contributed by atoms with Crippen molar-refractivity contribution in [3.8, 4) is 0 Å². The van der Waals surface area contributed by atoms with Gasteiger partial charge in [-0.3, -0.25) is 0 Å². The maximum atomic E-state index is 3.44. The Labute approximate surface area is 93.9 Å². The molecule has 1 atom stereocenters. The molecule has 1 aromatic rings. The first-order valence-corrected chi connectivity index (χ1v) is 5.81. The molecule has 0 saturated carbocycles. The molecule has 0 bridgehead atoms. The summed E-state index contributed by atoms with van der Waals surface area (Å²) in [6, 6.07) is 11.3. The minimum absolute atomic E-state index is 0.352. The smallest absolute Gasteiger partial charge is 0.0155 e. The summed E-state index contributed by atoms with van der Waals surface area (Å²) in [6.07, 6.45) is 2.31. The topological polar surface area (TPSA) is 12.0 Å². The predicted octanol–water partition coefficient (Wildman–Crippen LogP) is 3.25. The maximum Gasteiger partial charge on any atom is 0.0155 e. The summed E-state index contributed by atoms with van der Waals surface area (Å²) in [5.74, 6) is 0. The lowest BCUT2D eigenvalue weighted by Gasteiger charge is -2.33. The average molecular weight is 205 g/mol. The van der Waals surface area contributed by atoms with Gasteiger partial charge in [0.1, 0.15) is 0 Å². The van der Waals surface area contributed by atoms with Gasteiger partial charge in [0.25, 0.3) is 0 Å². The van der Waals surface area contributed by atoms with Gasteiger partial charge in [0.2, 0.25) is 0 Å². The van der Waals surface area contributed by atoms with Crippen LogP contribution in [0.3, 0.4) is 0 Å². The van der Waals surface area contributed by atoms with Crippen LogP contribution in [0.2, 0.25) is 0 Å². The highest BCUT2D eigenvalue weighted by atomic mass is 14.9. The van der Waals surface area contributed by atoms with Crippen LogP contribution in [0.15, 0.2) is 30.3 Å². The second kappa shape index (κ2) is 5.32. The van der Waals surface area contributed by atoms with Crippen molar-refractivity contribution in [1.29, 1.82) is 0 Å². The Morgan fingerprint density at radius 1 is 1.20 bits per heavy atom. The minimum atomic E-state index is 0.352. The quantitative estimate of drug-likeness (QED) is 0.778. The van der Waals surface area contributed by atoms with Gasteiger partial charge in [-0.05, 0) is 30.9 Å². The summed E-state index contributed by atoms with van der Waals surface area (Å²) in [4.78, 5) is 0. The molecule has 0 aliphatic rings. The Balaban J connectivity index is 2.70. The van der Waals surface area contributed by atoms with E-state index in [1.165, 1.54) is 12.0 Å². The molecule has 0 heterocycles. The highest BCUT2D eigenvalue weighted by Gasteiger charge is 2.26. The molecule has 84 valence electrons. The zero-order chi connectivity index (χ0) is 11.3. The van der Waals surface area contributed by atoms with E-state index in [-0.39, 0.29) is 0 Å². The van der Waals surface area contributed by atoms with Crippen molar-refractivity contribution >= 4 is 0 Å². The molecule has 0 saturated heterocycles. The summed E-state index contributed by atoms with van der Waals surface area (Å²) in [5, 5.41) is 3.44. The average Bonchev–Trinajstić information content (AvgIpc) is 2.27. The molecular weight excluding hydrogens is 182 g/mol. The molecule has 0 aliphatic heterocycles. The maximum absolute atomic E-state index is 3.44. The van der Waals surface area contributed by atoms with Gasteiger partial charge in [-0.2, -0.15) is 0 Å². The SMILES string of the molecule is CCC(C)(C)C(Cc1ccccc1)NC. The van der Waals surface area contributed by atoms with Crippen LogP contribution in [-0.4, -0.2) is 13.1 Å². The zero-order valence-electron chi connectivity index (χ0n) is 10.4. The Kier molecular flexibility index (Phi) is 4.34. The Hall–Kier alpha value is -0.820. The molecule has 0 aromatic heterocycles. The largest absolute Gasteiger partial charge is 0.316 e. The third-order valence-electron chi connectivity index (χ3n) is 3.49. The number of benzene rings is 1. The molecule has 0 radical (unpaired) electrons. The van der Waals surface area contributed by atoms with Crippen LogP contribution in [0, 0.1) is 5.41 Å². The van der Waals surface area contributed by atoms with E-state index in [4.69, 9.17) is 0 Å². The molecule has 1 aromatic carbocycles. The predicted molar refractivity (Wildman–Crippen MR) is 67.1 cm³/mol. The van der Waals surface area contributed by atoms with Crippen molar-refractivity contribution in [2.45, 2.75) is 39.7 Å². The lowest BCUT2D eigenvalue weighted by atomic mass is 9.79. The summed E-state index contributed by atoms with van der Waals surface area (Å²) < 4.78 is 0. The van der Waals surface area contributed by atoms with E-state index in [0.717, 1.165) is 6.42 Å². The summed E-state index contributed by atoms with van der Waals surface area (Å²) in [5.41, 5.74) is 1.77. The van der Waals surface area contributed by atoms with E-state index in [9.17, 15) is 0 Å². The summed E-state index contributed by atoms with van der Waals surface area (Å²) in [7, 11) is 2.06. The van der Waals surface area contributed by atoms with Crippen molar-refractivity contribution < 1.29 is 0 Å². The Morgan fingerprint density at radius 3 is 2.27 bits per heavy atom. The molecule has 15 heavy (non-hydrogen) atoms. The van der Waals surface area contributed by atoms with Crippen molar-refractivity contribution in [3.05, 3.63) is 35.9 Å². The van der Waals surface area contributed by atoms with E-state index in [1.54, 1.807) is 0 Å². The third kappa shape index (κ3) is 3.35. The molecule has 1 heteroatoms. The van der Waals surface area contributed by atoms with Crippen LogP contribution in [0.1, 0.15) is 32.8 Å². The van der Waals surface area contributed by atoms with Gasteiger partial charge in [0, 0.05) is 6.04 Å². The minimum Gasteiger partial charge on any atom is -0.316 e. The van der Waals surface area contributed by atoms with Crippen molar-refractivity contribution in [1.82, 2.24) is 5.32 Å². The Morgan fingerprint density at radius 2 is 1.80 bits per heavy atom. The Bertz CT molecular complexity index is 277. The second-order valence-corrected chi connectivity index (χ2v) is 4.87. The van der Waals surface area contributed by atoms with E-state index in [0.29, 0.717) is 11.5 Å². The summed E-state index contributed by atoms with van der Waals surface area (Å²) in [6.45, 7) is 6.92. The molecule has 1 nitrogen and oxygen atoms in total. The number of nitrogens with one attached hydrogen (secondary N) is 1. The van der Waals surface area contributed by atoms with Gasteiger partial charge in [0.15, 0.2) is 0 Å². The van der Waals surface area contributed by atoms with Crippen LogP contribution >= 0.6 is 0 Å². The van der Waals surface area contributed by atoms with Gasteiger partial charge >= 0.3 is 0 Å². The normalized spacial score (nSPS) is 13.9. The van der Waals surface area contributed by atoms with E-state index in [1.807, 2.05) is 0 Å². The van der Waals surface area contributed by atoms with Crippen LogP contribution in [0.25, 0.3) is 0 Å². The van der Waals surface area contributed by atoms with Crippen molar-refractivity contribution in [2.75, 3.05) is 7.05 Å². The van der Waals surface area contributed by atoms with Crippen LogP contribution < -0.4 is 5.32 Å². The molecule has 0 spiro atoms. The highest BCUT2D eigenvalue weighted by Crippen LogP contribution is 2.26. The molecular formula is C14H23N. The van der Waals surface area contributed by atoms with E-state index < -0.39 is 0 Å². The highest BCUT2D eigenvalue weighted by molar-refractivity contribution is 5.16. The molecule has 1 unspecified atom stereocenters. The van der Waals surface area contributed by atoms with Crippen LogP contribution in [0.4, 0.5) is 0 Å². The lowest BCUT2D eigenvalue weighted by molar-refractivity contribution is 0.240. The fourth-order valence-electron chi connectivity index (χ4n) is 1.87. The fourth-order valence-corrected chi connectivity index (χ4v) is 1.87. The lowest BCUT2D eigenvalue weighted by Crippen LogP contribution is -2.41. The van der Waals surface area contributed by atoms with Crippen LogP contribution in [0.5, 0.6) is 0 Å². The van der Waals surface area contributed by atoms with E-state index in [2.05, 4.69) is 63.5 Å². The molecule has 0 amide bonds. The number of hydrogen-bond acceptors (Lipinski definition) is 1. The fraction of sp³-hybridized carbons (Fsp3) is 0.571. The molecule has 1 rings (SSSR count).